The summed E-state index contributed by atoms with van der Waals surface area (Å²) in [6, 6.07) is 5.69. The molecule has 1 N–H and O–H groups in total. The van der Waals surface area contributed by atoms with Crippen LogP contribution in [-0.4, -0.2) is 29.9 Å². The molecule has 3 rings (SSSR count). The number of carbonyl (C=O) groups is 1. The number of rotatable bonds is 4. The fourth-order valence-electron chi connectivity index (χ4n) is 3.45. The number of fused-ring (bicyclic) bond motifs is 3. The van der Waals surface area contributed by atoms with E-state index < -0.39 is 11.4 Å². The van der Waals surface area contributed by atoms with Gasteiger partial charge in [-0.15, -0.1) is 0 Å². The fourth-order valence-corrected chi connectivity index (χ4v) is 3.45. The van der Waals surface area contributed by atoms with Crippen molar-refractivity contribution in [3.63, 3.8) is 0 Å². The van der Waals surface area contributed by atoms with Crippen LogP contribution in [0, 0.1) is 5.92 Å². The van der Waals surface area contributed by atoms with Crippen LogP contribution in [0.3, 0.4) is 0 Å². The fraction of sp³-hybridized carbons (Fsp3) is 0.368. The molecule has 25 heavy (non-hydrogen) atoms. The van der Waals surface area contributed by atoms with Gasteiger partial charge in [-0.2, -0.15) is 0 Å². The van der Waals surface area contributed by atoms with Crippen LogP contribution in [0.15, 0.2) is 29.2 Å². The first kappa shape index (κ1) is 17.1. The lowest BCUT2D eigenvalue weighted by Gasteiger charge is -2.34. The minimum atomic E-state index is -1.25. The van der Waals surface area contributed by atoms with Gasteiger partial charge in [0.05, 0.1) is 19.9 Å². The molecule has 6 nitrogen and oxygen atoms in total. The minimum absolute atomic E-state index is 0.0159. The van der Waals surface area contributed by atoms with E-state index in [2.05, 4.69) is 13.8 Å². The summed E-state index contributed by atoms with van der Waals surface area (Å²) in [7, 11) is 3.01. The number of methoxy groups -OCH3 is 2. The maximum Gasteiger partial charge on any atom is 0.341 e. The lowest BCUT2D eigenvalue weighted by atomic mass is 9.87. The van der Waals surface area contributed by atoms with Crippen molar-refractivity contribution in [1.29, 1.82) is 0 Å². The van der Waals surface area contributed by atoms with Gasteiger partial charge in [0.25, 0.3) is 0 Å². The van der Waals surface area contributed by atoms with E-state index in [-0.39, 0.29) is 23.3 Å². The van der Waals surface area contributed by atoms with E-state index in [0.29, 0.717) is 5.69 Å². The highest BCUT2D eigenvalue weighted by Crippen LogP contribution is 2.42. The Labute approximate surface area is 145 Å². The number of aromatic carboxylic acids is 1. The third-order valence-electron chi connectivity index (χ3n) is 4.75. The van der Waals surface area contributed by atoms with Crippen molar-refractivity contribution in [2.45, 2.75) is 26.3 Å². The Morgan fingerprint density at radius 3 is 2.56 bits per heavy atom. The van der Waals surface area contributed by atoms with E-state index in [0.717, 1.165) is 23.3 Å². The Bertz CT molecular complexity index is 897. The van der Waals surface area contributed by atoms with Crippen molar-refractivity contribution in [1.82, 2.24) is 4.57 Å². The molecule has 0 bridgehead atoms. The number of aromatic nitrogens is 1. The van der Waals surface area contributed by atoms with Crippen molar-refractivity contribution in [2.24, 2.45) is 5.92 Å². The zero-order chi connectivity index (χ0) is 18.3. The molecule has 1 aromatic heterocycles. The number of carboxylic acids is 1. The number of carboxylic acid groups (broad SMARTS) is 1. The molecule has 0 saturated heterocycles. The maximum absolute atomic E-state index is 12.6. The molecule has 2 aromatic rings. The minimum Gasteiger partial charge on any atom is -0.497 e. The first-order valence-corrected chi connectivity index (χ1v) is 8.12. The van der Waals surface area contributed by atoms with Crippen molar-refractivity contribution in [3.05, 3.63) is 45.7 Å². The van der Waals surface area contributed by atoms with Crippen LogP contribution < -0.4 is 14.9 Å². The Morgan fingerprint density at radius 1 is 1.28 bits per heavy atom. The van der Waals surface area contributed by atoms with E-state index >= 15 is 0 Å². The molecule has 0 saturated carbocycles. The highest BCUT2D eigenvalue weighted by atomic mass is 16.5. The van der Waals surface area contributed by atoms with Crippen LogP contribution in [0.5, 0.6) is 11.5 Å². The molecule has 0 amide bonds. The van der Waals surface area contributed by atoms with Crippen molar-refractivity contribution < 1.29 is 19.4 Å². The molecular weight excluding hydrogens is 322 g/mol. The molecule has 1 aliphatic heterocycles. The summed E-state index contributed by atoms with van der Waals surface area (Å²) >= 11 is 0. The van der Waals surface area contributed by atoms with Crippen LogP contribution in [-0.2, 0) is 6.42 Å². The molecule has 2 heterocycles. The molecule has 0 fully saturated rings. The molecular formula is C19H21NO5. The number of hydrogen-bond donors (Lipinski definition) is 1. The SMILES string of the molecule is COc1ccc2c(c1)CC(C(C)C)n1cc(C(=O)O)c(=O)c(OC)c1-2. The lowest BCUT2D eigenvalue weighted by Crippen LogP contribution is -2.29. The number of pyridine rings is 1. The molecule has 1 aliphatic rings. The molecule has 0 aliphatic carbocycles. The third-order valence-corrected chi connectivity index (χ3v) is 4.75. The Hall–Kier alpha value is -2.76. The van der Waals surface area contributed by atoms with Crippen molar-refractivity contribution in [2.75, 3.05) is 14.2 Å². The quantitative estimate of drug-likeness (QED) is 0.923. The van der Waals surface area contributed by atoms with Crippen molar-refractivity contribution >= 4 is 5.97 Å². The second kappa shape index (κ2) is 6.27. The molecule has 1 aromatic carbocycles. The Balaban J connectivity index is 2.39. The summed E-state index contributed by atoms with van der Waals surface area (Å²) in [4.78, 5) is 24.1. The standard InChI is InChI=1S/C19H21NO5/c1-10(2)15-8-11-7-12(24-3)5-6-13(11)16-18(25-4)17(21)14(19(22)23)9-20(15)16/h5-7,9-10,15H,8H2,1-4H3,(H,22,23). The van der Waals surface area contributed by atoms with Crippen LogP contribution in [0.2, 0.25) is 0 Å². The van der Waals surface area contributed by atoms with Gasteiger partial charge in [0.2, 0.25) is 5.43 Å². The average Bonchev–Trinajstić information content (AvgIpc) is 2.59. The zero-order valence-electron chi connectivity index (χ0n) is 14.7. The normalized spacial score (nSPS) is 15.5. The molecule has 0 spiro atoms. The topological polar surface area (TPSA) is 77.8 Å². The predicted octanol–water partition coefficient (Wildman–Crippen LogP) is 2.98. The zero-order valence-corrected chi connectivity index (χ0v) is 14.7. The monoisotopic (exact) mass is 343 g/mol. The summed E-state index contributed by atoms with van der Waals surface area (Å²) in [6.07, 6.45) is 2.17. The highest BCUT2D eigenvalue weighted by Gasteiger charge is 2.31. The first-order valence-electron chi connectivity index (χ1n) is 8.12. The van der Waals surface area contributed by atoms with Crippen LogP contribution in [0.4, 0.5) is 0 Å². The second-order valence-corrected chi connectivity index (χ2v) is 6.50. The molecule has 0 radical (unpaired) electrons. The number of nitrogens with zero attached hydrogens (tertiary/aromatic N) is 1. The van der Waals surface area contributed by atoms with Crippen LogP contribution in [0.25, 0.3) is 11.3 Å². The lowest BCUT2D eigenvalue weighted by molar-refractivity contribution is 0.0693. The predicted molar refractivity (Wildman–Crippen MR) is 93.8 cm³/mol. The van der Waals surface area contributed by atoms with E-state index in [1.807, 2.05) is 22.8 Å². The molecule has 1 unspecified atom stereocenters. The van der Waals surface area contributed by atoms with Crippen LogP contribution in [0.1, 0.15) is 35.8 Å². The Kier molecular flexibility index (Phi) is 4.29. The average molecular weight is 343 g/mol. The van der Waals surface area contributed by atoms with Gasteiger partial charge in [0, 0.05) is 17.8 Å². The van der Waals surface area contributed by atoms with Gasteiger partial charge in [-0.25, -0.2) is 4.79 Å². The highest BCUT2D eigenvalue weighted by molar-refractivity contribution is 5.89. The Morgan fingerprint density at radius 2 is 2.00 bits per heavy atom. The number of ether oxygens (including phenoxy) is 2. The summed E-state index contributed by atoms with van der Waals surface area (Å²) in [5.41, 5.74) is 1.66. The van der Waals surface area contributed by atoms with Gasteiger partial charge in [-0.3, -0.25) is 4.79 Å². The van der Waals surface area contributed by atoms with Crippen LogP contribution >= 0.6 is 0 Å². The second-order valence-electron chi connectivity index (χ2n) is 6.50. The van der Waals surface area contributed by atoms with Gasteiger partial charge in [0.15, 0.2) is 5.75 Å². The van der Waals surface area contributed by atoms with Gasteiger partial charge < -0.3 is 19.1 Å². The van der Waals surface area contributed by atoms with E-state index in [1.165, 1.54) is 13.3 Å². The first-order chi connectivity index (χ1) is 11.9. The summed E-state index contributed by atoms with van der Waals surface area (Å²) in [6.45, 7) is 4.15. The largest absolute Gasteiger partial charge is 0.497 e. The summed E-state index contributed by atoms with van der Waals surface area (Å²) in [5, 5.41) is 9.39. The van der Waals surface area contributed by atoms with Gasteiger partial charge in [0.1, 0.15) is 11.3 Å². The molecule has 132 valence electrons. The number of hydrogen-bond acceptors (Lipinski definition) is 4. The van der Waals surface area contributed by atoms with Gasteiger partial charge in [-0.05, 0) is 36.1 Å². The molecule has 6 heteroatoms. The maximum atomic E-state index is 12.6. The van der Waals surface area contributed by atoms with Crippen molar-refractivity contribution in [3.8, 4) is 22.8 Å². The third kappa shape index (κ3) is 2.67. The number of benzene rings is 1. The van der Waals surface area contributed by atoms with E-state index in [9.17, 15) is 14.7 Å². The van der Waals surface area contributed by atoms with Gasteiger partial charge in [-0.1, -0.05) is 13.8 Å². The van der Waals surface area contributed by atoms with E-state index in [1.54, 1.807) is 7.11 Å². The summed E-state index contributed by atoms with van der Waals surface area (Å²) < 4.78 is 12.5. The molecule has 1 atom stereocenters. The van der Waals surface area contributed by atoms with Gasteiger partial charge >= 0.3 is 5.97 Å². The smallest absolute Gasteiger partial charge is 0.341 e. The summed E-state index contributed by atoms with van der Waals surface area (Å²) in [5.74, 6) is -0.191. The van der Waals surface area contributed by atoms with E-state index in [4.69, 9.17) is 9.47 Å².